The highest BCUT2D eigenvalue weighted by Gasteiger charge is 2.23. The molecule has 1 saturated carbocycles. The van der Waals surface area contributed by atoms with Crippen LogP contribution in [0.1, 0.15) is 69.6 Å². The van der Waals surface area contributed by atoms with Crippen LogP contribution in [0.5, 0.6) is 0 Å². The molecule has 2 heterocycles. The van der Waals surface area contributed by atoms with Gasteiger partial charge in [0.05, 0.1) is 0 Å². The van der Waals surface area contributed by atoms with Crippen molar-refractivity contribution in [2.75, 3.05) is 0 Å². The first-order valence-electron chi connectivity index (χ1n) is 9.43. The summed E-state index contributed by atoms with van der Waals surface area (Å²) in [7, 11) is 0. The maximum atomic E-state index is 11.7. The number of rotatable bonds is 8. The summed E-state index contributed by atoms with van der Waals surface area (Å²) < 4.78 is 5.43. The van der Waals surface area contributed by atoms with Crippen LogP contribution < -0.4 is 5.48 Å². The zero-order valence-electron chi connectivity index (χ0n) is 14.9. The van der Waals surface area contributed by atoms with Crippen molar-refractivity contribution >= 4 is 5.91 Å². The van der Waals surface area contributed by atoms with E-state index in [1.165, 1.54) is 38.5 Å². The summed E-state index contributed by atoms with van der Waals surface area (Å²) in [5.41, 5.74) is 2.53. The van der Waals surface area contributed by atoms with Gasteiger partial charge in [-0.2, -0.15) is 4.98 Å². The highest BCUT2D eigenvalue weighted by Crippen LogP contribution is 2.31. The fourth-order valence-corrected chi connectivity index (χ4v) is 3.73. The van der Waals surface area contributed by atoms with Crippen LogP contribution in [0.25, 0.3) is 11.4 Å². The number of nitrogens with zero attached hydrogens (tertiary/aromatic N) is 3. The van der Waals surface area contributed by atoms with Crippen molar-refractivity contribution in [1.29, 1.82) is 0 Å². The zero-order valence-corrected chi connectivity index (χ0v) is 14.9. The third-order valence-corrected chi connectivity index (χ3v) is 5.18. The lowest BCUT2D eigenvalue weighted by molar-refractivity contribution is -0.129. The molecule has 140 valence electrons. The first kappa shape index (κ1) is 18.5. The fraction of sp³-hybridized carbons (Fsp3) is 0.579. The topological polar surface area (TPSA) is 101 Å². The number of hydrogen-bond donors (Lipinski definition) is 2. The van der Waals surface area contributed by atoms with E-state index in [2.05, 4.69) is 15.1 Å². The van der Waals surface area contributed by atoms with Crippen LogP contribution in [0.3, 0.4) is 0 Å². The van der Waals surface area contributed by atoms with E-state index in [0.29, 0.717) is 11.7 Å². The molecule has 3 rings (SSSR count). The average Bonchev–Trinajstić information content (AvgIpc) is 3.19. The minimum absolute atomic E-state index is 0.138. The molecule has 2 N–H and O–H groups in total. The van der Waals surface area contributed by atoms with Gasteiger partial charge < -0.3 is 4.52 Å². The van der Waals surface area contributed by atoms with E-state index < -0.39 is 5.91 Å². The Bertz CT molecular complexity index is 683. The van der Waals surface area contributed by atoms with E-state index in [0.717, 1.165) is 24.3 Å². The fourth-order valence-electron chi connectivity index (χ4n) is 3.73. The van der Waals surface area contributed by atoms with Gasteiger partial charge in [-0.15, -0.1) is 0 Å². The Hall–Kier alpha value is -2.28. The molecule has 1 aliphatic rings. The van der Waals surface area contributed by atoms with Gasteiger partial charge in [-0.3, -0.25) is 15.0 Å². The van der Waals surface area contributed by atoms with Crippen LogP contribution in [0.2, 0.25) is 0 Å². The standard InChI is InChI=1S/C19H26N4O3/c24-17(22-25)13-16(8-4-7-14-5-2-1-3-6-14)19-21-18(23-26-19)15-9-11-20-12-10-15/h9-12,14,16,25H,1-8,13H2,(H,22,24)/t16-/m1/s1. The van der Waals surface area contributed by atoms with E-state index in [-0.39, 0.29) is 12.3 Å². The summed E-state index contributed by atoms with van der Waals surface area (Å²) in [6.07, 6.45) is 13.1. The molecule has 0 bridgehead atoms. The van der Waals surface area contributed by atoms with Gasteiger partial charge in [-0.05, 0) is 24.5 Å². The first-order chi connectivity index (χ1) is 12.8. The molecule has 1 atom stereocenters. The smallest absolute Gasteiger partial charge is 0.244 e. The van der Waals surface area contributed by atoms with Gasteiger partial charge in [-0.1, -0.05) is 50.1 Å². The van der Waals surface area contributed by atoms with E-state index in [1.54, 1.807) is 17.9 Å². The first-order valence-corrected chi connectivity index (χ1v) is 9.43. The highest BCUT2D eigenvalue weighted by molar-refractivity contribution is 5.75. The van der Waals surface area contributed by atoms with Gasteiger partial charge in [0.1, 0.15) is 0 Å². The number of pyridine rings is 1. The molecule has 0 unspecified atom stereocenters. The normalized spacial score (nSPS) is 16.3. The number of carbonyl (C=O) groups is 1. The Morgan fingerprint density at radius 3 is 2.77 bits per heavy atom. The lowest BCUT2D eigenvalue weighted by atomic mass is 9.84. The molecule has 0 radical (unpaired) electrons. The Morgan fingerprint density at radius 2 is 2.04 bits per heavy atom. The van der Waals surface area contributed by atoms with Crippen LogP contribution in [0.15, 0.2) is 29.0 Å². The Balaban J connectivity index is 1.63. The summed E-state index contributed by atoms with van der Waals surface area (Å²) in [4.78, 5) is 20.1. The molecule has 7 nitrogen and oxygen atoms in total. The van der Waals surface area contributed by atoms with E-state index in [9.17, 15) is 4.79 Å². The minimum Gasteiger partial charge on any atom is -0.339 e. The third-order valence-electron chi connectivity index (χ3n) is 5.18. The summed E-state index contributed by atoms with van der Waals surface area (Å²) in [5, 5.41) is 12.9. The van der Waals surface area contributed by atoms with E-state index >= 15 is 0 Å². The predicted molar refractivity (Wildman–Crippen MR) is 95.2 cm³/mol. The average molecular weight is 358 g/mol. The third kappa shape index (κ3) is 5.11. The van der Waals surface area contributed by atoms with E-state index in [1.807, 2.05) is 12.1 Å². The molecule has 0 aliphatic heterocycles. The molecular weight excluding hydrogens is 332 g/mol. The van der Waals surface area contributed by atoms with Crippen molar-refractivity contribution in [3.05, 3.63) is 30.4 Å². The van der Waals surface area contributed by atoms with Crippen LogP contribution in [-0.4, -0.2) is 26.2 Å². The predicted octanol–water partition coefficient (Wildman–Crippen LogP) is 3.86. The van der Waals surface area contributed by atoms with E-state index in [4.69, 9.17) is 9.73 Å². The summed E-state index contributed by atoms with van der Waals surface area (Å²) >= 11 is 0. The SMILES string of the molecule is O=C(C[C@@H](CCCC1CCCCC1)c1nc(-c2ccncc2)no1)NO. The Morgan fingerprint density at radius 1 is 1.27 bits per heavy atom. The molecule has 2 aromatic heterocycles. The van der Waals surface area contributed by atoms with Gasteiger partial charge in [0, 0.05) is 30.3 Å². The van der Waals surface area contributed by atoms with Gasteiger partial charge in [0.2, 0.25) is 17.6 Å². The minimum atomic E-state index is -0.434. The number of hydroxylamine groups is 1. The van der Waals surface area contributed by atoms with Crippen LogP contribution in [0, 0.1) is 5.92 Å². The number of amides is 1. The van der Waals surface area contributed by atoms with Gasteiger partial charge in [0.15, 0.2) is 0 Å². The van der Waals surface area contributed by atoms with Crippen LogP contribution in [-0.2, 0) is 4.79 Å². The summed E-state index contributed by atoms with van der Waals surface area (Å²) in [6, 6.07) is 3.63. The van der Waals surface area contributed by atoms with Gasteiger partial charge in [0.25, 0.3) is 0 Å². The molecule has 0 aromatic carbocycles. The largest absolute Gasteiger partial charge is 0.339 e. The molecule has 7 heteroatoms. The van der Waals surface area contributed by atoms with Gasteiger partial charge >= 0.3 is 0 Å². The van der Waals surface area contributed by atoms with Crippen molar-refractivity contribution in [1.82, 2.24) is 20.6 Å². The summed E-state index contributed by atoms with van der Waals surface area (Å²) in [5.74, 6) is 1.12. The second-order valence-electron chi connectivity index (χ2n) is 7.06. The second kappa shape index (κ2) is 9.43. The monoisotopic (exact) mass is 358 g/mol. The maximum absolute atomic E-state index is 11.7. The van der Waals surface area contributed by atoms with Gasteiger partial charge in [-0.25, -0.2) is 5.48 Å². The zero-order chi connectivity index (χ0) is 18.2. The Labute approximate surface area is 153 Å². The van der Waals surface area contributed by atoms with Crippen molar-refractivity contribution in [3.8, 4) is 11.4 Å². The lowest BCUT2D eigenvalue weighted by Gasteiger charge is -2.22. The quantitative estimate of drug-likeness (QED) is 0.549. The van der Waals surface area contributed by atoms with Crippen LogP contribution in [0.4, 0.5) is 0 Å². The molecular formula is C19H26N4O3. The highest BCUT2D eigenvalue weighted by atomic mass is 16.5. The Kier molecular flexibility index (Phi) is 6.71. The molecule has 0 spiro atoms. The number of carbonyl (C=O) groups excluding carboxylic acids is 1. The molecule has 1 amide bonds. The van der Waals surface area contributed by atoms with Crippen LogP contribution >= 0.6 is 0 Å². The summed E-state index contributed by atoms with van der Waals surface area (Å²) in [6.45, 7) is 0. The number of nitrogens with one attached hydrogen (secondary N) is 1. The van der Waals surface area contributed by atoms with Crippen molar-refractivity contribution < 1.29 is 14.5 Å². The molecule has 0 saturated heterocycles. The van der Waals surface area contributed by atoms with Crippen molar-refractivity contribution in [2.24, 2.45) is 5.92 Å². The molecule has 1 fully saturated rings. The molecule has 2 aromatic rings. The number of hydrogen-bond acceptors (Lipinski definition) is 6. The number of aromatic nitrogens is 3. The lowest BCUT2D eigenvalue weighted by Crippen LogP contribution is -2.21. The second-order valence-corrected chi connectivity index (χ2v) is 7.06. The molecule has 1 aliphatic carbocycles. The maximum Gasteiger partial charge on any atom is 0.244 e. The molecule has 26 heavy (non-hydrogen) atoms. The van der Waals surface area contributed by atoms with Crippen molar-refractivity contribution in [3.63, 3.8) is 0 Å². The van der Waals surface area contributed by atoms with Crippen molar-refractivity contribution in [2.45, 2.75) is 63.7 Å².